The molecular formula is C10H14N4O. The van der Waals surface area contributed by atoms with Crippen LogP contribution in [-0.4, -0.2) is 30.5 Å². The Morgan fingerprint density at radius 1 is 1.33 bits per heavy atom. The van der Waals surface area contributed by atoms with E-state index in [1.807, 2.05) is 30.0 Å². The number of aryl methyl sites for hydroxylation is 1. The first-order chi connectivity index (χ1) is 7.25. The first-order valence-corrected chi connectivity index (χ1v) is 4.89. The standard InChI is InChI=1S/C10H14N4O/c1-9-11-4-6-13(9)7-10(15)8-14-5-2-3-12-14/h2-6,10,15H,7-8H2,1H3. The Labute approximate surface area is 88.0 Å². The van der Waals surface area contributed by atoms with Crippen LogP contribution in [0.5, 0.6) is 0 Å². The summed E-state index contributed by atoms with van der Waals surface area (Å²) < 4.78 is 3.64. The van der Waals surface area contributed by atoms with E-state index in [0.29, 0.717) is 13.1 Å². The maximum atomic E-state index is 9.81. The van der Waals surface area contributed by atoms with Crippen molar-refractivity contribution in [3.8, 4) is 0 Å². The van der Waals surface area contributed by atoms with E-state index in [-0.39, 0.29) is 0 Å². The molecule has 1 atom stereocenters. The van der Waals surface area contributed by atoms with E-state index < -0.39 is 6.10 Å². The van der Waals surface area contributed by atoms with Gasteiger partial charge < -0.3 is 9.67 Å². The van der Waals surface area contributed by atoms with Gasteiger partial charge in [-0.1, -0.05) is 0 Å². The van der Waals surface area contributed by atoms with E-state index in [9.17, 15) is 5.11 Å². The second kappa shape index (κ2) is 4.27. The highest BCUT2D eigenvalue weighted by molar-refractivity contribution is 4.89. The van der Waals surface area contributed by atoms with Crippen molar-refractivity contribution in [1.82, 2.24) is 19.3 Å². The molecule has 0 saturated carbocycles. The van der Waals surface area contributed by atoms with Crippen LogP contribution in [0, 0.1) is 6.92 Å². The topological polar surface area (TPSA) is 55.9 Å². The molecular weight excluding hydrogens is 192 g/mol. The van der Waals surface area contributed by atoms with Gasteiger partial charge in [0.05, 0.1) is 19.2 Å². The summed E-state index contributed by atoms with van der Waals surface area (Å²) in [6.07, 6.45) is 6.69. The number of aromatic nitrogens is 4. The molecule has 0 radical (unpaired) electrons. The second-order valence-corrected chi connectivity index (χ2v) is 3.51. The summed E-state index contributed by atoms with van der Waals surface area (Å²) in [7, 11) is 0. The van der Waals surface area contributed by atoms with Gasteiger partial charge in [0.2, 0.25) is 0 Å². The fourth-order valence-electron chi connectivity index (χ4n) is 1.51. The molecule has 0 amide bonds. The van der Waals surface area contributed by atoms with Crippen molar-refractivity contribution < 1.29 is 5.11 Å². The SMILES string of the molecule is Cc1nccn1CC(O)Cn1cccn1. The zero-order valence-corrected chi connectivity index (χ0v) is 8.61. The minimum atomic E-state index is -0.446. The zero-order chi connectivity index (χ0) is 10.7. The lowest BCUT2D eigenvalue weighted by Gasteiger charge is -2.12. The molecule has 80 valence electrons. The lowest BCUT2D eigenvalue weighted by atomic mass is 10.3. The quantitative estimate of drug-likeness (QED) is 0.790. The fraction of sp³-hybridized carbons (Fsp3) is 0.400. The van der Waals surface area contributed by atoms with Crippen molar-refractivity contribution >= 4 is 0 Å². The van der Waals surface area contributed by atoms with Crippen LogP contribution in [-0.2, 0) is 13.1 Å². The van der Waals surface area contributed by atoms with Crippen LogP contribution in [0.4, 0.5) is 0 Å². The van der Waals surface area contributed by atoms with Gasteiger partial charge in [-0.25, -0.2) is 4.98 Å². The number of aliphatic hydroxyl groups is 1. The Hall–Kier alpha value is -1.62. The lowest BCUT2D eigenvalue weighted by Crippen LogP contribution is -2.22. The van der Waals surface area contributed by atoms with Crippen molar-refractivity contribution in [3.63, 3.8) is 0 Å². The molecule has 2 aromatic heterocycles. The van der Waals surface area contributed by atoms with Gasteiger partial charge in [-0.05, 0) is 13.0 Å². The molecule has 0 aliphatic rings. The molecule has 2 rings (SSSR count). The molecule has 0 fully saturated rings. The van der Waals surface area contributed by atoms with Gasteiger partial charge in [-0.15, -0.1) is 0 Å². The van der Waals surface area contributed by atoms with E-state index in [2.05, 4.69) is 10.1 Å². The normalized spacial score (nSPS) is 12.9. The third-order valence-corrected chi connectivity index (χ3v) is 2.29. The molecule has 0 aliphatic heterocycles. The molecule has 15 heavy (non-hydrogen) atoms. The molecule has 1 unspecified atom stereocenters. The summed E-state index contributed by atoms with van der Waals surface area (Å²) in [5.74, 6) is 0.912. The van der Waals surface area contributed by atoms with E-state index in [0.717, 1.165) is 5.82 Å². The molecule has 0 aliphatic carbocycles. The largest absolute Gasteiger partial charge is 0.389 e. The highest BCUT2D eigenvalue weighted by Gasteiger charge is 2.07. The summed E-state index contributed by atoms with van der Waals surface area (Å²) >= 11 is 0. The van der Waals surface area contributed by atoms with Crippen LogP contribution in [0.25, 0.3) is 0 Å². The fourth-order valence-corrected chi connectivity index (χ4v) is 1.51. The molecule has 5 heteroatoms. The smallest absolute Gasteiger partial charge is 0.105 e. The van der Waals surface area contributed by atoms with Gasteiger partial charge in [0.15, 0.2) is 0 Å². The predicted molar refractivity (Wildman–Crippen MR) is 55.2 cm³/mol. The van der Waals surface area contributed by atoms with Crippen LogP contribution >= 0.6 is 0 Å². The minimum absolute atomic E-state index is 0.446. The molecule has 0 bridgehead atoms. The van der Waals surface area contributed by atoms with Gasteiger partial charge in [-0.2, -0.15) is 5.10 Å². The van der Waals surface area contributed by atoms with Crippen LogP contribution in [0.15, 0.2) is 30.9 Å². The maximum Gasteiger partial charge on any atom is 0.105 e. The lowest BCUT2D eigenvalue weighted by molar-refractivity contribution is 0.129. The predicted octanol–water partition coefficient (Wildman–Crippen LogP) is 0.449. The third-order valence-electron chi connectivity index (χ3n) is 2.29. The molecule has 2 heterocycles. The number of aliphatic hydroxyl groups excluding tert-OH is 1. The van der Waals surface area contributed by atoms with Crippen molar-refractivity contribution in [2.45, 2.75) is 26.1 Å². The number of imidazole rings is 1. The van der Waals surface area contributed by atoms with E-state index >= 15 is 0 Å². The van der Waals surface area contributed by atoms with Crippen LogP contribution < -0.4 is 0 Å². The van der Waals surface area contributed by atoms with Crippen molar-refractivity contribution in [3.05, 3.63) is 36.7 Å². The maximum absolute atomic E-state index is 9.81. The molecule has 0 saturated heterocycles. The van der Waals surface area contributed by atoms with Gasteiger partial charge >= 0.3 is 0 Å². The summed E-state index contributed by atoms with van der Waals surface area (Å²) in [5, 5.41) is 13.8. The van der Waals surface area contributed by atoms with Gasteiger partial charge in [0, 0.05) is 24.8 Å². The molecule has 5 nitrogen and oxygen atoms in total. The number of nitrogens with zero attached hydrogens (tertiary/aromatic N) is 4. The molecule has 2 aromatic rings. The summed E-state index contributed by atoms with van der Waals surface area (Å²) in [6, 6.07) is 1.84. The van der Waals surface area contributed by atoms with Gasteiger partial charge in [0.25, 0.3) is 0 Å². The average Bonchev–Trinajstić information content (AvgIpc) is 2.79. The Balaban J connectivity index is 1.93. The molecule has 1 N–H and O–H groups in total. The molecule has 0 spiro atoms. The van der Waals surface area contributed by atoms with Crippen LogP contribution in [0.2, 0.25) is 0 Å². The Morgan fingerprint density at radius 3 is 2.80 bits per heavy atom. The summed E-state index contributed by atoms with van der Waals surface area (Å²) in [5.41, 5.74) is 0. The third kappa shape index (κ3) is 2.44. The highest BCUT2D eigenvalue weighted by Crippen LogP contribution is 2.00. The van der Waals surface area contributed by atoms with Crippen molar-refractivity contribution in [2.75, 3.05) is 0 Å². The average molecular weight is 206 g/mol. The minimum Gasteiger partial charge on any atom is -0.389 e. The number of rotatable bonds is 4. The van der Waals surface area contributed by atoms with Gasteiger partial charge in [-0.3, -0.25) is 4.68 Å². The van der Waals surface area contributed by atoms with Crippen LogP contribution in [0.1, 0.15) is 5.82 Å². The summed E-state index contributed by atoms with van der Waals surface area (Å²) in [6.45, 7) is 2.97. The Morgan fingerprint density at radius 2 is 2.20 bits per heavy atom. The number of hydrogen-bond donors (Lipinski definition) is 1. The first kappa shape index (κ1) is 9.92. The van der Waals surface area contributed by atoms with Crippen molar-refractivity contribution in [2.24, 2.45) is 0 Å². The zero-order valence-electron chi connectivity index (χ0n) is 8.61. The van der Waals surface area contributed by atoms with E-state index in [4.69, 9.17) is 0 Å². The Kier molecular flexibility index (Phi) is 2.82. The monoisotopic (exact) mass is 206 g/mol. The first-order valence-electron chi connectivity index (χ1n) is 4.89. The summed E-state index contributed by atoms with van der Waals surface area (Å²) in [4.78, 5) is 4.10. The van der Waals surface area contributed by atoms with E-state index in [1.165, 1.54) is 0 Å². The molecule has 0 aromatic carbocycles. The van der Waals surface area contributed by atoms with Gasteiger partial charge in [0.1, 0.15) is 5.82 Å². The van der Waals surface area contributed by atoms with Crippen molar-refractivity contribution in [1.29, 1.82) is 0 Å². The second-order valence-electron chi connectivity index (χ2n) is 3.51. The number of hydrogen-bond acceptors (Lipinski definition) is 3. The highest BCUT2D eigenvalue weighted by atomic mass is 16.3. The van der Waals surface area contributed by atoms with E-state index in [1.54, 1.807) is 17.1 Å². The Bertz CT molecular complexity index is 407. The van der Waals surface area contributed by atoms with Crippen LogP contribution in [0.3, 0.4) is 0 Å².